The summed E-state index contributed by atoms with van der Waals surface area (Å²) in [6.07, 6.45) is -5.07. The lowest BCUT2D eigenvalue weighted by Gasteiger charge is -2.20. The van der Waals surface area contributed by atoms with E-state index in [1.54, 1.807) is 0 Å². The third-order valence-corrected chi connectivity index (χ3v) is 4.67. The van der Waals surface area contributed by atoms with Gasteiger partial charge in [-0.25, -0.2) is 8.42 Å². The number of rotatable bonds is 4. The third-order valence-electron chi connectivity index (χ3n) is 2.36. The Bertz CT molecular complexity index is 603. The summed E-state index contributed by atoms with van der Waals surface area (Å²) in [5.74, 6) is 0.108. The Balaban J connectivity index is 3.58. The van der Waals surface area contributed by atoms with Crippen molar-refractivity contribution in [1.82, 2.24) is 0 Å². The van der Waals surface area contributed by atoms with Gasteiger partial charge in [0.2, 0.25) is 9.05 Å². The predicted molar refractivity (Wildman–Crippen MR) is 70.8 cm³/mol. The van der Waals surface area contributed by atoms with Crippen molar-refractivity contribution in [3.63, 3.8) is 0 Å². The Kier molecular flexibility index (Phi) is 5.20. The summed E-state index contributed by atoms with van der Waals surface area (Å²) in [4.78, 5) is 0. The van der Waals surface area contributed by atoms with Crippen LogP contribution in [0.1, 0.15) is 10.8 Å². The van der Waals surface area contributed by atoms with E-state index in [1.165, 1.54) is 20.3 Å². The molecule has 0 amide bonds. The van der Waals surface area contributed by atoms with E-state index in [2.05, 4.69) is 15.9 Å². The molecule has 0 bridgehead atoms. The highest BCUT2D eigenvalue weighted by molar-refractivity contribution is 9.10. The van der Waals surface area contributed by atoms with Gasteiger partial charge in [-0.2, -0.15) is 13.2 Å². The minimum Gasteiger partial charge on any atom is -0.493 e. The highest BCUT2D eigenvalue weighted by atomic mass is 79.9. The number of hydrogen-bond donors (Lipinski definition) is 0. The number of halogens is 5. The maximum atomic E-state index is 12.9. The van der Waals surface area contributed by atoms with Crippen molar-refractivity contribution in [2.75, 3.05) is 14.2 Å². The normalized spacial score (nSPS) is 13.9. The molecule has 0 heterocycles. The Morgan fingerprint density at radius 3 is 2.00 bits per heavy atom. The van der Waals surface area contributed by atoms with E-state index >= 15 is 0 Å². The van der Waals surface area contributed by atoms with E-state index in [1.807, 2.05) is 0 Å². The van der Waals surface area contributed by atoms with Gasteiger partial charge < -0.3 is 9.47 Å². The molecular weight excluding hydrogens is 389 g/mol. The summed E-state index contributed by atoms with van der Waals surface area (Å²) in [6, 6.07) is 2.09. The summed E-state index contributed by atoms with van der Waals surface area (Å²) in [5, 5.41) is -2.87. The smallest absolute Gasteiger partial charge is 0.410 e. The van der Waals surface area contributed by atoms with E-state index in [0.29, 0.717) is 0 Å². The van der Waals surface area contributed by atoms with Crippen LogP contribution < -0.4 is 9.47 Å². The first-order chi connectivity index (χ1) is 9.02. The minimum atomic E-state index is -5.07. The van der Waals surface area contributed by atoms with Gasteiger partial charge in [0, 0.05) is 15.2 Å². The van der Waals surface area contributed by atoms with Crippen LogP contribution in [-0.2, 0) is 9.05 Å². The molecule has 1 aromatic carbocycles. The lowest BCUT2D eigenvalue weighted by Crippen LogP contribution is -2.26. The second-order valence-corrected chi connectivity index (χ2v) is 7.19. The second kappa shape index (κ2) is 5.98. The van der Waals surface area contributed by atoms with Crippen LogP contribution in [-0.4, -0.2) is 28.8 Å². The van der Waals surface area contributed by atoms with Crippen molar-refractivity contribution in [3.8, 4) is 11.5 Å². The van der Waals surface area contributed by atoms with Gasteiger partial charge in [0.15, 0.2) is 16.7 Å². The maximum Gasteiger partial charge on any atom is 0.410 e. The predicted octanol–water partition coefficient (Wildman–Crippen LogP) is 3.64. The fraction of sp³-hybridized carbons (Fsp3) is 0.400. The molecule has 10 heteroatoms. The average molecular weight is 398 g/mol. The van der Waals surface area contributed by atoms with Crippen LogP contribution in [0, 0.1) is 0 Å². The molecule has 0 saturated heterocycles. The summed E-state index contributed by atoms with van der Waals surface area (Å²) in [5.41, 5.74) is -0.579. The molecule has 1 rings (SSSR count). The number of alkyl halides is 3. The Morgan fingerprint density at radius 1 is 1.20 bits per heavy atom. The molecule has 1 aromatic rings. The molecule has 0 aliphatic heterocycles. The fourth-order valence-electron chi connectivity index (χ4n) is 1.56. The standard InChI is InChI=1S/C10H9BrClF3O4S/c1-18-7-3-5(6(11)4-8(7)19-2)9(10(13,14)15)20(12,16)17/h3-4,9H,1-2H3. The second-order valence-electron chi connectivity index (χ2n) is 3.63. The lowest BCUT2D eigenvalue weighted by molar-refractivity contribution is -0.131. The van der Waals surface area contributed by atoms with Gasteiger partial charge in [0.05, 0.1) is 14.2 Å². The van der Waals surface area contributed by atoms with Crippen LogP contribution in [0.4, 0.5) is 13.2 Å². The molecule has 0 spiro atoms. The number of ether oxygens (including phenoxy) is 2. The average Bonchev–Trinajstić information content (AvgIpc) is 2.27. The molecule has 114 valence electrons. The van der Waals surface area contributed by atoms with Gasteiger partial charge >= 0.3 is 6.18 Å². The topological polar surface area (TPSA) is 52.6 Å². The highest BCUT2D eigenvalue weighted by Gasteiger charge is 2.50. The first kappa shape index (κ1) is 17.4. The Morgan fingerprint density at radius 2 is 1.65 bits per heavy atom. The van der Waals surface area contributed by atoms with E-state index in [-0.39, 0.29) is 16.0 Å². The van der Waals surface area contributed by atoms with Crippen LogP contribution in [0.3, 0.4) is 0 Å². The van der Waals surface area contributed by atoms with Crippen LogP contribution in [0.25, 0.3) is 0 Å². The Labute approximate surface area is 126 Å². The van der Waals surface area contributed by atoms with E-state index in [4.69, 9.17) is 20.2 Å². The molecule has 0 saturated carbocycles. The SMILES string of the molecule is COc1cc(Br)c(C(C(F)(F)F)S(=O)(=O)Cl)cc1OC. The molecule has 0 aliphatic carbocycles. The molecule has 1 atom stereocenters. The molecule has 0 aliphatic rings. The van der Waals surface area contributed by atoms with Gasteiger partial charge in [-0.05, 0) is 17.7 Å². The third kappa shape index (κ3) is 3.70. The van der Waals surface area contributed by atoms with Crippen molar-refractivity contribution >= 4 is 35.7 Å². The molecule has 0 radical (unpaired) electrons. The zero-order chi connectivity index (χ0) is 15.7. The largest absolute Gasteiger partial charge is 0.493 e. The van der Waals surface area contributed by atoms with Crippen LogP contribution in [0.15, 0.2) is 16.6 Å². The molecule has 0 fully saturated rings. The quantitative estimate of drug-likeness (QED) is 0.728. The zero-order valence-electron chi connectivity index (χ0n) is 10.2. The summed E-state index contributed by atoms with van der Waals surface area (Å²) >= 11 is 2.88. The molecular formula is C10H9BrClF3O4S. The molecule has 0 aromatic heterocycles. The van der Waals surface area contributed by atoms with Gasteiger partial charge in [-0.15, -0.1) is 0 Å². The van der Waals surface area contributed by atoms with Crippen molar-refractivity contribution in [2.45, 2.75) is 11.4 Å². The zero-order valence-corrected chi connectivity index (χ0v) is 13.3. The van der Waals surface area contributed by atoms with Gasteiger partial charge in [-0.1, -0.05) is 15.9 Å². The summed E-state index contributed by atoms with van der Waals surface area (Å²) in [7, 11) is 2.51. The maximum absolute atomic E-state index is 12.9. The Hall–Kier alpha value is -0.670. The van der Waals surface area contributed by atoms with Gasteiger partial charge in [-0.3, -0.25) is 0 Å². The summed E-state index contributed by atoms with van der Waals surface area (Å²) < 4.78 is 71.0. The highest BCUT2D eigenvalue weighted by Crippen LogP contribution is 2.46. The van der Waals surface area contributed by atoms with E-state index in [9.17, 15) is 21.6 Å². The van der Waals surface area contributed by atoms with Crippen LogP contribution >= 0.6 is 26.6 Å². The van der Waals surface area contributed by atoms with Gasteiger partial charge in [0.25, 0.3) is 0 Å². The number of hydrogen-bond acceptors (Lipinski definition) is 4. The van der Waals surface area contributed by atoms with Crippen LogP contribution in [0.5, 0.6) is 11.5 Å². The van der Waals surface area contributed by atoms with Crippen molar-refractivity contribution in [1.29, 1.82) is 0 Å². The van der Waals surface area contributed by atoms with Crippen LogP contribution in [0.2, 0.25) is 0 Å². The molecule has 0 N–H and O–H groups in total. The van der Waals surface area contributed by atoms with Crippen molar-refractivity contribution in [3.05, 3.63) is 22.2 Å². The van der Waals surface area contributed by atoms with E-state index in [0.717, 1.165) is 6.07 Å². The molecule has 20 heavy (non-hydrogen) atoms. The number of methoxy groups -OCH3 is 2. The van der Waals surface area contributed by atoms with Crippen molar-refractivity contribution < 1.29 is 31.1 Å². The molecule has 1 unspecified atom stereocenters. The van der Waals surface area contributed by atoms with Crippen molar-refractivity contribution in [2.24, 2.45) is 0 Å². The van der Waals surface area contributed by atoms with E-state index < -0.39 is 26.0 Å². The number of benzene rings is 1. The molecule has 4 nitrogen and oxygen atoms in total. The van der Waals surface area contributed by atoms with Gasteiger partial charge in [0.1, 0.15) is 0 Å². The summed E-state index contributed by atoms with van der Waals surface area (Å²) in [6.45, 7) is 0. The monoisotopic (exact) mass is 396 g/mol. The first-order valence-electron chi connectivity index (χ1n) is 4.94. The fourth-order valence-corrected chi connectivity index (χ4v) is 3.67. The lowest BCUT2D eigenvalue weighted by atomic mass is 10.1. The minimum absolute atomic E-state index is 0.0414. The first-order valence-corrected chi connectivity index (χ1v) is 8.10.